The van der Waals surface area contributed by atoms with E-state index in [9.17, 15) is 4.79 Å². The predicted molar refractivity (Wildman–Crippen MR) is 60.7 cm³/mol. The molecule has 3 heteroatoms. The van der Waals surface area contributed by atoms with Crippen molar-refractivity contribution in [2.24, 2.45) is 0 Å². The van der Waals surface area contributed by atoms with E-state index in [0.29, 0.717) is 6.42 Å². The normalized spacial score (nSPS) is 21.5. The number of methoxy groups -OCH3 is 1. The number of carbonyl (C=O) groups is 1. The molecule has 0 amide bonds. The first-order valence-electron chi connectivity index (χ1n) is 5.98. The van der Waals surface area contributed by atoms with Crippen molar-refractivity contribution in [2.45, 2.75) is 56.9 Å². The van der Waals surface area contributed by atoms with Crippen LogP contribution in [0.25, 0.3) is 0 Å². The second kappa shape index (κ2) is 6.11. The topological polar surface area (TPSA) is 38.3 Å². The van der Waals surface area contributed by atoms with Crippen molar-refractivity contribution < 1.29 is 9.53 Å². The van der Waals surface area contributed by atoms with E-state index in [2.05, 4.69) is 5.32 Å². The molecule has 0 aromatic carbocycles. The largest absolute Gasteiger partial charge is 0.469 e. The Morgan fingerprint density at radius 2 is 1.73 bits per heavy atom. The quantitative estimate of drug-likeness (QED) is 0.731. The zero-order valence-electron chi connectivity index (χ0n) is 9.97. The molecule has 0 heterocycles. The summed E-state index contributed by atoms with van der Waals surface area (Å²) in [6.07, 6.45) is 9.08. The Bertz CT molecular complexity index is 196. The molecule has 0 unspecified atom stereocenters. The molecule has 0 aliphatic heterocycles. The average Bonchev–Trinajstić information content (AvgIpc) is 2.22. The van der Waals surface area contributed by atoms with Gasteiger partial charge in [0.15, 0.2) is 0 Å². The van der Waals surface area contributed by atoms with Crippen LogP contribution in [0.2, 0.25) is 0 Å². The monoisotopic (exact) mass is 213 g/mol. The zero-order valence-corrected chi connectivity index (χ0v) is 9.97. The van der Waals surface area contributed by atoms with Crippen LogP contribution in [0.15, 0.2) is 0 Å². The molecule has 15 heavy (non-hydrogen) atoms. The molecule has 0 saturated heterocycles. The van der Waals surface area contributed by atoms with Crippen LogP contribution in [0.1, 0.15) is 51.4 Å². The van der Waals surface area contributed by atoms with Crippen LogP contribution >= 0.6 is 0 Å². The van der Waals surface area contributed by atoms with E-state index in [1.54, 1.807) is 0 Å². The highest BCUT2D eigenvalue weighted by molar-refractivity contribution is 5.70. The molecule has 1 N–H and O–H groups in total. The number of carbonyl (C=O) groups excluding carboxylic acids is 1. The Balaban J connectivity index is 2.57. The van der Waals surface area contributed by atoms with E-state index in [1.807, 2.05) is 7.05 Å². The fourth-order valence-electron chi connectivity index (χ4n) is 2.45. The molecule has 88 valence electrons. The first-order valence-corrected chi connectivity index (χ1v) is 5.98. The van der Waals surface area contributed by atoms with Gasteiger partial charge in [0.2, 0.25) is 0 Å². The minimum Gasteiger partial charge on any atom is -0.469 e. The van der Waals surface area contributed by atoms with Gasteiger partial charge in [0.1, 0.15) is 0 Å². The van der Waals surface area contributed by atoms with E-state index in [-0.39, 0.29) is 11.5 Å². The molecule has 3 nitrogen and oxygen atoms in total. The average molecular weight is 213 g/mol. The summed E-state index contributed by atoms with van der Waals surface area (Å²) in [4.78, 5) is 11.4. The molecule has 0 atom stereocenters. The fraction of sp³-hybridized carbons (Fsp3) is 0.917. The lowest BCUT2D eigenvalue weighted by Crippen LogP contribution is -2.45. The number of hydrogen-bond donors (Lipinski definition) is 1. The van der Waals surface area contributed by atoms with Crippen molar-refractivity contribution in [3.8, 4) is 0 Å². The summed E-state index contributed by atoms with van der Waals surface area (Å²) >= 11 is 0. The Kier molecular flexibility index (Phi) is 5.09. The van der Waals surface area contributed by atoms with E-state index < -0.39 is 0 Å². The van der Waals surface area contributed by atoms with Gasteiger partial charge in [-0.15, -0.1) is 0 Å². The molecule has 0 spiro atoms. The summed E-state index contributed by atoms with van der Waals surface area (Å²) in [5.41, 5.74) is -0.00644. The zero-order chi connectivity index (χ0) is 11.1. The van der Waals surface area contributed by atoms with Gasteiger partial charge in [-0.05, 0) is 19.9 Å². The molecule has 1 saturated carbocycles. The molecular weight excluding hydrogens is 190 g/mol. The highest BCUT2D eigenvalue weighted by Crippen LogP contribution is 2.29. The number of rotatable bonds is 3. The Hall–Kier alpha value is -0.570. The van der Waals surface area contributed by atoms with Gasteiger partial charge in [-0.25, -0.2) is 0 Å². The molecule has 1 aliphatic carbocycles. The van der Waals surface area contributed by atoms with Crippen LogP contribution in [0, 0.1) is 0 Å². The van der Waals surface area contributed by atoms with Crippen molar-refractivity contribution in [2.75, 3.05) is 14.2 Å². The van der Waals surface area contributed by atoms with Crippen LogP contribution in [0.3, 0.4) is 0 Å². The number of hydrogen-bond acceptors (Lipinski definition) is 3. The van der Waals surface area contributed by atoms with Gasteiger partial charge in [-0.2, -0.15) is 0 Å². The third-order valence-corrected chi connectivity index (χ3v) is 3.55. The lowest BCUT2D eigenvalue weighted by Gasteiger charge is -2.34. The Morgan fingerprint density at radius 3 is 2.20 bits per heavy atom. The van der Waals surface area contributed by atoms with Crippen molar-refractivity contribution in [1.82, 2.24) is 5.32 Å². The van der Waals surface area contributed by atoms with Gasteiger partial charge >= 0.3 is 5.97 Å². The van der Waals surface area contributed by atoms with Crippen LogP contribution in [0.5, 0.6) is 0 Å². The fourth-order valence-corrected chi connectivity index (χ4v) is 2.45. The SMILES string of the molecule is CNC1(CC(=O)OC)CCCCCCC1. The van der Waals surface area contributed by atoms with Crippen molar-refractivity contribution in [1.29, 1.82) is 0 Å². The lowest BCUT2D eigenvalue weighted by molar-refractivity contribution is -0.142. The minimum atomic E-state index is -0.0927. The Morgan fingerprint density at radius 1 is 1.20 bits per heavy atom. The molecular formula is C12H23NO2. The summed E-state index contributed by atoms with van der Waals surface area (Å²) < 4.78 is 4.77. The van der Waals surface area contributed by atoms with Gasteiger partial charge in [-0.1, -0.05) is 32.1 Å². The van der Waals surface area contributed by atoms with Gasteiger partial charge < -0.3 is 10.1 Å². The van der Waals surface area contributed by atoms with Crippen LogP contribution in [0.4, 0.5) is 0 Å². The molecule has 1 aliphatic rings. The molecule has 0 aromatic heterocycles. The summed E-state index contributed by atoms with van der Waals surface area (Å²) in [5, 5.41) is 3.35. The highest BCUT2D eigenvalue weighted by atomic mass is 16.5. The van der Waals surface area contributed by atoms with Crippen LogP contribution in [-0.2, 0) is 9.53 Å². The van der Waals surface area contributed by atoms with E-state index >= 15 is 0 Å². The molecule has 0 bridgehead atoms. The first kappa shape index (κ1) is 12.5. The number of nitrogens with one attached hydrogen (secondary N) is 1. The van der Waals surface area contributed by atoms with E-state index in [1.165, 1.54) is 39.2 Å². The molecule has 1 fully saturated rings. The Labute approximate surface area is 92.6 Å². The smallest absolute Gasteiger partial charge is 0.307 e. The second-order valence-corrected chi connectivity index (χ2v) is 4.55. The summed E-state index contributed by atoms with van der Waals surface area (Å²) in [5.74, 6) is -0.0927. The maximum absolute atomic E-state index is 11.4. The van der Waals surface area contributed by atoms with Gasteiger partial charge in [-0.3, -0.25) is 4.79 Å². The lowest BCUT2D eigenvalue weighted by atomic mass is 9.81. The third-order valence-electron chi connectivity index (χ3n) is 3.55. The van der Waals surface area contributed by atoms with Crippen molar-refractivity contribution in [3.05, 3.63) is 0 Å². The first-order chi connectivity index (χ1) is 7.22. The van der Waals surface area contributed by atoms with Crippen molar-refractivity contribution >= 4 is 5.97 Å². The van der Waals surface area contributed by atoms with Crippen LogP contribution < -0.4 is 5.32 Å². The molecule has 0 radical (unpaired) electrons. The second-order valence-electron chi connectivity index (χ2n) is 4.55. The summed E-state index contributed by atoms with van der Waals surface area (Å²) in [6, 6.07) is 0. The van der Waals surface area contributed by atoms with E-state index in [0.717, 1.165) is 12.8 Å². The summed E-state index contributed by atoms with van der Waals surface area (Å²) in [6.45, 7) is 0. The highest BCUT2D eigenvalue weighted by Gasteiger charge is 2.31. The number of esters is 1. The van der Waals surface area contributed by atoms with E-state index in [4.69, 9.17) is 4.74 Å². The summed E-state index contributed by atoms with van der Waals surface area (Å²) in [7, 11) is 3.43. The van der Waals surface area contributed by atoms with Gasteiger partial charge in [0.05, 0.1) is 13.5 Å². The predicted octanol–water partition coefficient (Wildman–Crippen LogP) is 2.25. The minimum absolute atomic E-state index is 0.00644. The standard InChI is InChI=1S/C12H23NO2/c1-13-12(10-11(14)15-2)8-6-4-3-5-7-9-12/h13H,3-10H2,1-2H3. The third kappa shape index (κ3) is 3.82. The van der Waals surface area contributed by atoms with Crippen LogP contribution in [-0.4, -0.2) is 25.7 Å². The van der Waals surface area contributed by atoms with Gasteiger partial charge in [0, 0.05) is 5.54 Å². The molecule has 0 aromatic rings. The number of ether oxygens (including phenoxy) is 1. The maximum Gasteiger partial charge on any atom is 0.307 e. The maximum atomic E-state index is 11.4. The van der Waals surface area contributed by atoms with Crippen molar-refractivity contribution in [3.63, 3.8) is 0 Å². The van der Waals surface area contributed by atoms with Gasteiger partial charge in [0.25, 0.3) is 0 Å². The molecule has 1 rings (SSSR count).